The van der Waals surface area contributed by atoms with Gasteiger partial charge in [-0.1, -0.05) is 6.07 Å². The summed E-state index contributed by atoms with van der Waals surface area (Å²) in [6.45, 7) is 2.15. The Balaban J connectivity index is 1.61. The van der Waals surface area contributed by atoms with E-state index in [0.717, 1.165) is 0 Å². The molecule has 130 valence electrons. The fourth-order valence-corrected chi connectivity index (χ4v) is 3.13. The third kappa shape index (κ3) is 3.57. The number of ether oxygens (including phenoxy) is 1. The minimum atomic E-state index is -0.782. The zero-order valence-electron chi connectivity index (χ0n) is 13.6. The maximum absolute atomic E-state index is 14.2. The first-order valence-corrected chi connectivity index (χ1v) is 7.92. The largest absolute Gasteiger partial charge is 0.491 e. The minimum absolute atomic E-state index is 0.346. The van der Waals surface area contributed by atoms with Crippen LogP contribution in [0.1, 0.15) is 18.4 Å². The predicted molar refractivity (Wildman–Crippen MR) is 84.6 cm³/mol. The molecule has 1 aromatic heterocycles. The highest BCUT2D eigenvalue weighted by atomic mass is 19.1. The van der Waals surface area contributed by atoms with Crippen LogP contribution in [0.5, 0.6) is 5.75 Å². The SMILES string of the molecule is COc1c(F)ccc(CN2CCC(O)(Cn3ccnc3)CC2)c1F. The van der Waals surface area contributed by atoms with Crippen LogP contribution >= 0.6 is 0 Å². The van der Waals surface area contributed by atoms with Crippen molar-refractivity contribution in [2.24, 2.45) is 0 Å². The smallest absolute Gasteiger partial charge is 0.190 e. The van der Waals surface area contributed by atoms with Crippen LogP contribution in [0, 0.1) is 11.6 Å². The molecule has 0 bridgehead atoms. The van der Waals surface area contributed by atoms with Crippen molar-refractivity contribution < 1.29 is 18.6 Å². The van der Waals surface area contributed by atoms with Crippen molar-refractivity contribution in [3.05, 3.63) is 48.1 Å². The van der Waals surface area contributed by atoms with Gasteiger partial charge in [-0.2, -0.15) is 0 Å². The van der Waals surface area contributed by atoms with E-state index in [-0.39, 0.29) is 5.75 Å². The van der Waals surface area contributed by atoms with E-state index in [1.165, 1.54) is 19.2 Å². The van der Waals surface area contributed by atoms with Gasteiger partial charge in [0.15, 0.2) is 17.4 Å². The van der Waals surface area contributed by atoms with Gasteiger partial charge in [-0.3, -0.25) is 4.90 Å². The van der Waals surface area contributed by atoms with E-state index in [0.29, 0.717) is 44.6 Å². The number of halogens is 2. The van der Waals surface area contributed by atoms with Gasteiger partial charge >= 0.3 is 0 Å². The first kappa shape index (κ1) is 16.9. The number of aliphatic hydroxyl groups is 1. The summed E-state index contributed by atoms with van der Waals surface area (Å²) in [5, 5.41) is 10.7. The first-order chi connectivity index (χ1) is 11.5. The third-order valence-electron chi connectivity index (χ3n) is 4.55. The second kappa shape index (κ2) is 6.86. The van der Waals surface area contributed by atoms with Crippen molar-refractivity contribution in [3.63, 3.8) is 0 Å². The molecule has 1 saturated heterocycles. The summed E-state index contributed by atoms with van der Waals surface area (Å²) in [5.74, 6) is -1.70. The molecule has 1 fully saturated rings. The highest BCUT2D eigenvalue weighted by Gasteiger charge is 2.33. The summed E-state index contributed by atoms with van der Waals surface area (Å²) in [6.07, 6.45) is 6.37. The van der Waals surface area contributed by atoms with Crippen LogP contribution < -0.4 is 4.74 Å². The van der Waals surface area contributed by atoms with Gasteiger partial charge in [-0.15, -0.1) is 0 Å². The molecule has 0 amide bonds. The summed E-state index contributed by atoms with van der Waals surface area (Å²) in [5.41, 5.74) is -0.385. The molecule has 24 heavy (non-hydrogen) atoms. The molecule has 2 aromatic rings. The fraction of sp³-hybridized carbons (Fsp3) is 0.471. The van der Waals surface area contributed by atoms with Crippen LogP contribution in [0.4, 0.5) is 8.78 Å². The quantitative estimate of drug-likeness (QED) is 0.909. The Kier molecular flexibility index (Phi) is 4.82. The highest BCUT2D eigenvalue weighted by molar-refractivity contribution is 5.32. The minimum Gasteiger partial charge on any atom is -0.491 e. The van der Waals surface area contributed by atoms with Gasteiger partial charge in [0.2, 0.25) is 0 Å². The summed E-state index contributed by atoms with van der Waals surface area (Å²) in [6, 6.07) is 2.66. The van der Waals surface area contributed by atoms with Crippen molar-refractivity contribution >= 4 is 0 Å². The molecule has 1 aliphatic heterocycles. The molecule has 5 nitrogen and oxygen atoms in total. The lowest BCUT2D eigenvalue weighted by Crippen LogP contribution is -2.46. The molecule has 0 atom stereocenters. The number of methoxy groups -OCH3 is 1. The summed E-state index contributed by atoms with van der Waals surface area (Å²) in [4.78, 5) is 6.03. The second-order valence-corrected chi connectivity index (χ2v) is 6.29. The number of hydrogen-bond acceptors (Lipinski definition) is 4. The molecular weight excluding hydrogens is 316 g/mol. The molecule has 1 aliphatic rings. The Morgan fingerprint density at radius 2 is 2.04 bits per heavy atom. The lowest BCUT2D eigenvalue weighted by Gasteiger charge is -2.38. The van der Waals surface area contributed by atoms with Crippen molar-refractivity contribution in [1.82, 2.24) is 14.5 Å². The van der Waals surface area contributed by atoms with Gasteiger partial charge in [0.25, 0.3) is 0 Å². The molecule has 3 rings (SSSR count). The van der Waals surface area contributed by atoms with E-state index >= 15 is 0 Å². The van der Waals surface area contributed by atoms with Crippen LogP contribution in [0.2, 0.25) is 0 Å². The average molecular weight is 337 g/mol. The first-order valence-electron chi connectivity index (χ1n) is 7.92. The van der Waals surface area contributed by atoms with Crippen LogP contribution in [0.25, 0.3) is 0 Å². The Labute approximate surface area is 139 Å². The summed E-state index contributed by atoms with van der Waals surface area (Å²) in [7, 11) is 1.25. The van der Waals surface area contributed by atoms with E-state index in [1.807, 2.05) is 10.8 Å². The summed E-state index contributed by atoms with van der Waals surface area (Å²) >= 11 is 0. The molecule has 1 aromatic carbocycles. The van der Waals surface area contributed by atoms with Crippen molar-refractivity contribution in [2.45, 2.75) is 31.5 Å². The van der Waals surface area contributed by atoms with Crippen molar-refractivity contribution in [3.8, 4) is 5.75 Å². The molecule has 0 aliphatic carbocycles. The molecule has 2 heterocycles. The van der Waals surface area contributed by atoms with E-state index in [1.54, 1.807) is 12.5 Å². The predicted octanol–water partition coefficient (Wildman–Crippen LogP) is 2.20. The van der Waals surface area contributed by atoms with Crippen molar-refractivity contribution in [1.29, 1.82) is 0 Å². The van der Waals surface area contributed by atoms with Gasteiger partial charge in [0, 0.05) is 37.6 Å². The zero-order chi connectivity index (χ0) is 17.2. The van der Waals surface area contributed by atoms with Crippen LogP contribution in [-0.2, 0) is 13.1 Å². The van der Waals surface area contributed by atoms with Crippen LogP contribution in [-0.4, -0.2) is 45.4 Å². The van der Waals surface area contributed by atoms with Gasteiger partial charge in [-0.25, -0.2) is 13.8 Å². The zero-order valence-corrected chi connectivity index (χ0v) is 13.6. The number of piperidine rings is 1. The number of likely N-dealkylation sites (tertiary alicyclic amines) is 1. The summed E-state index contributed by atoms with van der Waals surface area (Å²) < 4.78 is 34.4. The number of rotatable bonds is 5. The average Bonchev–Trinajstić information content (AvgIpc) is 3.05. The lowest BCUT2D eigenvalue weighted by atomic mass is 9.91. The lowest BCUT2D eigenvalue weighted by molar-refractivity contribution is -0.0359. The van der Waals surface area contributed by atoms with E-state index in [4.69, 9.17) is 4.74 Å². The van der Waals surface area contributed by atoms with Crippen LogP contribution in [0.3, 0.4) is 0 Å². The van der Waals surface area contributed by atoms with Crippen LogP contribution in [0.15, 0.2) is 30.9 Å². The molecule has 0 saturated carbocycles. The molecule has 0 radical (unpaired) electrons. The highest BCUT2D eigenvalue weighted by Crippen LogP contribution is 2.28. The normalized spacial score (nSPS) is 17.8. The van der Waals surface area contributed by atoms with Gasteiger partial charge < -0.3 is 14.4 Å². The van der Waals surface area contributed by atoms with Gasteiger partial charge in [0.05, 0.1) is 25.6 Å². The third-order valence-corrected chi connectivity index (χ3v) is 4.55. The topological polar surface area (TPSA) is 50.5 Å². The molecular formula is C17H21F2N3O2. The molecule has 1 N–H and O–H groups in total. The number of benzene rings is 1. The standard InChI is InChI=1S/C17H21F2N3O2/c1-24-16-14(18)3-2-13(15(16)19)10-21-7-4-17(23,5-8-21)11-22-9-6-20-12-22/h2-3,6,9,12,23H,4-5,7-8,10-11H2,1H3. The second-order valence-electron chi connectivity index (χ2n) is 6.29. The number of aromatic nitrogens is 2. The van der Waals surface area contributed by atoms with E-state index in [2.05, 4.69) is 9.88 Å². The Morgan fingerprint density at radius 1 is 1.29 bits per heavy atom. The van der Waals surface area contributed by atoms with Gasteiger partial charge in [0.1, 0.15) is 0 Å². The number of imidazole rings is 1. The monoisotopic (exact) mass is 337 g/mol. The maximum atomic E-state index is 14.2. The molecule has 0 unspecified atom stereocenters. The van der Waals surface area contributed by atoms with E-state index in [9.17, 15) is 13.9 Å². The Morgan fingerprint density at radius 3 is 2.67 bits per heavy atom. The molecule has 0 spiro atoms. The fourth-order valence-electron chi connectivity index (χ4n) is 3.13. The Bertz CT molecular complexity index is 683. The van der Waals surface area contributed by atoms with Crippen molar-refractivity contribution in [2.75, 3.05) is 20.2 Å². The number of hydrogen-bond donors (Lipinski definition) is 1. The van der Waals surface area contributed by atoms with E-state index < -0.39 is 17.2 Å². The maximum Gasteiger partial charge on any atom is 0.190 e. The number of nitrogens with zero attached hydrogens (tertiary/aromatic N) is 3. The van der Waals surface area contributed by atoms with Gasteiger partial charge in [-0.05, 0) is 18.9 Å². The molecule has 7 heteroatoms. The Hall–Kier alpha value is -1.99.